The second-order valence-corrected chi connectivity index (χ2v) is 3.81. The number of carboxylic acid groups (broad SMARTS) is 3. The summed E-state index contributed by atoms with van der Waals surface area (Å²) in [7, 11) is 0. The zero-order valence-electron chi connectivity index (χ0n) is 10.5. The van der Waals surface area contributed by atoms with Gasteiger partial charge >= 0.3 is 17.9 Å². The molecular weight excluding hydrogens is 276 g/mol. The van der Waals surface area contributed by atoms with Crippen molar-refractivity contribution in [1.82, 2.24) is 10.2 Å². The third-order valence-corrected chi connectivity index (χ3v) is 2.18. The Hall–Kier alpha value is -2.20. The number of nitrogens with one attached hydrogen (secondary N) is 1. The minimum absolute atomic E-state index is 0.0674. The number of hydrogen-bond acceptors (Lipinski definition) is 6. The Balaban J connectivity index is 4.72. The molecule has 0 aliphatic rings. The number of amides is 1. The average Bonchev–Trinajstić information content (AvgIpc) is 2.31. The van der Waals surface area contributed by atoms with Gasteiger partial charge in [0.15, 0.2) is 0 Å². The van der Waals surface area contributed by atoms with E-state index < -0.39 is 49.4 Å². The molecule has 10 nitrogen and oxygen atoms in total. The lowest BCUT2D eigenvalue weighted by atomic mass is 10.2. The highest BCUT2D eigenvalue weighted by Gasteiger charge is 2.26. The fraction of sp³-hybridized carbons (Fsp3) is 0.600. The molecule has 10 heteroatoms. The third kappa shape index (κ3) is 7.28. The molecule has 0 bridgehead atoms. The Kier molecular flexibility index (Phi) is 7.85. The summed E-state index contributed by atoms with van der Waals surface area (Å²) in [5.74, 6) is -5.10. The van der Waals surface area contributed by atoms with Crippen LogP contribution in [0.1, 0.15) is 6.42 Å². The van der Waals surface area contributed by atoms with E-state index in [2.05, 4.69) is 5.32 Å². The maximum Gasteiger partial charge on any atom is 0.323 e. The van der Waals surface area contributed by atoms with Gasteiger partial charge in [0, 0.05) is 6.54 Å². The van der Waals surface area contributed by atoms with E-state index in [0.29, 0.717) is 4.90 Å². The Morgan fingerprint density at radius 3 is 1.85 bits per heavy atom. The smallest absolute Gasteiger partial charge is 0.323 e. The molecule has 1 amide bonds. The molecule has 0 heterocycles. The number of rotatable bonds is 10. The van der Waals surface area contributed by atoms with Crippen LogP contribution in [-0.2, 0) is 19.2 Å². The first kappa shape index (κ1) is 17.8. The van der Waals surface area contributed by atoms with E-state index in [9.17, 15) is 19.2 Å². The number of carboxylic acids is 3. The molecule has 1 unspecified atom stereocenters. The molecule has 0 fully saturated rings. The average molecular weight is 292 g/mol. The minimum Gasteiger partial charge on any atom is -0.480 e. The van der Waals surface area contributed by atoms with Gasteiger partial charge in [-0.3, -0.25) is 19.2 Å². The Labute approximate surface area is 113 Å². The lowest BCUT2D eigenvalue weighted by Crippen LogP contribution is -2.46. The number of hydrogen-bond donors (Lipinski definition) is 5. The van der Waals surface area contributed by atoms with Crippen LogP contribution in [0, 0.1) is 0 Å². The maximum atomic E-state index is 11.7. The summed E-state index contributed by atoms with van der Waals surface area (Å²) in [4.78, 5) is 44.2. The summed E-state index contributed by atoms with van der Waals surface area (Å²) in [5, 5.41) is 36.9. The van der Waals surface area contributed by atoms with Gasteiger partial charge in [-0.1, -0.05) is 0 Å². The van der Waals surface area contributed by atoms with Crippen molar-refractivity contribution in [3.8, 4) is 0 Å². The lowest BCUT2D eigenvalue weighted by Gasteiger charge is -2.21. The Morgan fingerprint density at radius 1 is 1.00 bits per heavy atom. The first-order valence-electron chi connectivity index (χ1n) is 5.56. The van der Waals surface area contributed by atoms with Crippen molar-refractivity contribution >= 4 is 23.8 Å². The predicted octanol–water partition coefficient (Wildman–Crippen LogP) is -2.59. The van der Waals surface area contributed by atoms with E-state index in [-0.39, 0.29) is 13.2 Å². The topological polar surface area (TPSA) is 164 Å². The monoisotopic (exact) mass is 292 g/mol. The quantitative estimate of drug-likeness (QED) is 0.290. The second-order valence-electron chi connectivity index (χ2n) is 3.81. The maximum absolute atomic E-state index is 11.7. The molecule has 0 aliphatic carbocycles. The number of nitrogens with zero attached hydrogens (tertiary/aromatic N) is 1. The molecule has 0 spiro atoms. The van der Waals surface area contributed by atoms with E-state index in [4.69, 9.17) is 20.4 Å². The molecule has 0 aromatic carbocycles. The molecule has 0 aliphatic heterocycles. The third-order valence-electron chi connectivity index (χ3n) is 2.18. The zero-order valence-corrected chi connectivity index (χ0v) is 10.5. The Morgan fingerprint density at radius 2 is 1.50 bits per heavy atom. The first-order chi connectivity index (χ1) is 9.27. The molecule has 0 aromatic rings. The molecule has 20 heavy (non-hydrogen) atoms. The predicted molar refractivity (Wildman–Crippen MR) is 63.0 cm³/mol. The van der Waals surface area contributed by atoms with Gasteiger partial charge in [-0.2, -0.15) is 0 Å². The van der Waals surface area contributed by atoms with Gasteiger partial charge < -0.3 is 30.6 Å². The number of aliphatic carboxylic acids is 3. The summed E-state index contributed by atoms with van der Waals surface area (Å²) >= 11 is 0. The van der Waals surface area contributed by atoms with Crippen molar-refractivity contribution in [2.75, 3.05) is 26.2 Å². The largest absolute Gasteiger partial charge is 0.480 e. The van der Waals surface area contributed by atoms with E-state index >= 15 is 0 Å². The minimum atomic E-state index is -1.41. The van der Waals surface area contributed by atoms with Crippen LogP contribution in [0.15, 0.2) is 0 Å². The van der Waals surface area contributed by atoms with E-state index in [1.165, 1.54) is 0 Å². The van der Waals surface area contributed by atoms with Crippen molar-refractivity contribution in [1.29, 1.82) is 0 Å². The van der Waals surface area contributed by atoms with Gasteiger partial charge in [0.25, 0.3) is 0 Å². The Bertz CT molecular complexity index is 367. The van der Waals surface area contributed by atoms with Crippen LogP contribution in [0.5, 0.6) is 0 Å². The van der Waals surface area contributed by atoms with Gasteiger partial charge in [0.1, 0.15) is 19.1 Å². The summed E-state index contributed by atoms with van der Waals surface area (Å²) in [6, 6.07) is -1.33. The van der Waals surface area contributed by atoms with Crippen molar-refractivity contribution in [2.24, 2.45) is 0 Å². The molecule has 0 aromatic heterocycles. The highest BCUT2D eigenvalue weighted by atomic mass is 16.4. The number of carbonyl (C=O) groups excluding carboxylic acids is 1. The summed E-state index contributed by atoms with van der Waals surface area (Å²) in [5.41, 5.74) is 0. The zero-order chi connectivity index (χ0) is 15.7. The normalized spacial score (nSPS) is 11.7. The molecule has 0 radical (unpaired) electrons. The molecule has 114 valence electrons. The summed E-state index contributed by atoms with van der Waals surface area (Å²) < 4.78 is 0. The van der Waals surface area contributed by atoms with Gasteiger partial charge in [-0.25, -0.2) is 0 Å². The summed E-state index contributed by atoms with van der Waals surface area (Å²) in [6.07, 6.45) is -0.615. The SMILES string of the molecule is O=C(O)CN(CC(=O)O)C(=O)CC(NCCO)C(=O)O. The van der Waals surface area contributed by atoms with Gasteiger partial charge in [-0.05, 0) is 0 Å². The van der Waals surface area contributed by atoms with Crippen molar-refractivity contribution in [3.05, 3.63) is 0 Å². The number of carbonyl (C=O) groups is 4. The molecule has 5 N–H and O–H groups in total. The fourth-order valence-electron chi connectivity index (χ4n) is 1.35. The van der Waals surface area contributed by atoms with Crippen molar-refractivity contribution in [3.63, 3.8) is 0 Å². The first-order valence-corrected chi connectivity index (χ1v) is 5.56. The molecule has 1 atom stereocenters. The molecule has 0 rings (SSSR count). The van der Waals surface area contributed by atoms with E-state index in [1.807, 2.05) is 0 Å². The molecular formula is C10H16N2O8. The summed E-state index contributed by atoms with van der Waals surface area (Å²) in [6.45, 7) is -2.08. The molecule has 0 saturated carbocycles. The standard InChI is InChI=1S/C10H16N2O8/c13-2-1-11-6(10(19)20)3-7(14)12(4-8(15)16)5-9(17)18/h6,11,13H,1-5H2,(H,15,16)(H,17,18)(H,19,20). The van der Waals surface area contributed by atoms with Crippen LogP contribution in [0.4, 0.5) is 0 Å². The second kappa shape index (κ2) is 8.82. The van der Waals surface area contributed by atoms with Gasteiger partial charge in [0.05, 0.1) is 13.0 Å². The van der Waals surface area contributed by atoms with Crippen molar-refractivity contribution in [2.45, 2.75) is 12.5 Å². The molecule has 0 saturated heterocycles. The van der Waals surface area contributed by atoms with Crippen molar-refractivity contribution < 1.29 is 39.6 Å². The van der Waals surface area contributed by atoms with Crippen LogP contribution in [0.3, 0.4) is 0 Å². The van der Waals surface area contributed by atoms with Crippen LogP contribution < -0.4 is 5.32 Å². The number of aliphatic hydroxyl groups excluding tert-OH is 1. The van der Waals surface area contributed by atoms with E-state index in [1.54, 1.807) is 0 Å². The van der Waals surface area contributed by atoms with E-state index in [0.717, 1.165) is 0 Å². The van der Waals surface area contributed by atoms with Crippen LogP contribution in [0.2, 0.25) is 0 Å². The highest BCUT2D eigenvalue weighted by molar-refractivity contribution is 5.88. The van der Waals surface area contributed by atoms with Gasteiger partial charge in [0.2, 0.25) is 5.91 Å². The van der Waals surface area contributed by atoms with Gasteiger partial charge in [-0.15, -0.1) is 0 Å². The number of aliphatic hydroxyl groups is 1. The highest BCUT2D eigenvalue weighted by Crippen LogP contribution is 2.00. The lowest BCUT2D eigenvalue weighted by molar-refractivity contribution is -0.150. The van der Waals surface area contributed by atoms with Crippen LogP contribution >= 0.6 is 0 Å². The van der Waals surface area contributed by atoms with Crippen LogP contribution in [-0.4, -0.2) is 81.4 Å². The fourth-order valence-corrected chi connectivity index (χ4v) is 1.35. The van der Waals surface area contributed by atoms with Crippen LogP contribution in [0.25, 0.3) is 0 Å².